The second-order valence-electron chi connectivity index (χ2n) is 5.90. The highest BCUT2D eigenvalue weighted by Crippen LogP contribution is 2.21. The standard InChI is InChI=1S/C18H19N3O4/c1-11(2)24-14-4-3-12-7-15(18(23)25-16(12)8-14)17(22)20-6-5-13-9-19-10-21-13/h3-4,7-11H,5-6H2,1-2H3,(H,19,21)(H,20,22). The molecule has 0 fully saturated rings. The molecule has 3 aromatic rings. The van der Waals surface area contributed by atoms with Crippen LogP contribution in [0.3, 0.4) is 0 Å². The van der Waals surface area contributed by atoms with Gasteiger partial charge in [-0.25, -0.2) is 9.78 Å². The van der Waals surface area contributed by atoms with E-state index in [1.165, 1.54) is 6.07 Å². The fourth-order valence-electron chi connectivity index (χ4n) is 2.42. The summed E-state index contributed by atoms with van der Waals surface area (Å²) in [6.45, 7) is 4.22. The Balaban J connectivity index is 1.75. The van der Waals surface area contributed by atoms with E-state index in [4.69, 9.17) is 9.15 Å². The number of nitrogens with one attached hydrogen (secondary N) is 2. The van der Waals surface area contributed by atoms with Crippen molar-refractivity contribution in [2.24, 2.45) is 0 Å². The Labute approximate surface area is 144 Å². The second-order valence-corrected chi connectivity index (χ2v) is 5.90. The number of hydrogen-bond acceptors (Lipinski definition) is 5. The Hall–Kier alpha value is -3.09. The summed E-state index contributed by atoms with van der Waals surface area (Å²) in [5.41, 5.74) is 0.601. The number of carbonyl (C=O) groups is 1. The molecule has 0 saturated heterocycles. The Morgan fingerprint density at radius 3 is 2.92 bits per heavy atom. The summed E-state index contributed by atoms with van der Waals surface area (Å²) in [5, 5.41) is 3.37. The van der Waals surface area contributed by atoms with Crippen LogP contribution in [0.4, 0.5) is 0 Å². The highest BCUT2D eigenvalue weighted by atomic mass is 16.5. The predicted molar refractivity (Wildman–Crippen MR) is 92.9 cm³/mol. The van der Waals surface area contributed by atoms with Gasteiger partial charge in [-0.1, -0.05) is 0 Å². The van der Waals surface area contributed by atoms with Gasteiger partial charge in [0.05, 0.1) is 12.4 Å². The third-order valence-corrected chi connectivity index (χ3v) is 3.56. The first kappa shape index (κ1) is 16.8. The zero-order valence-corrected chi connectivity index (χ0v) is 14.0. The van der Waals surface area contributed by atoms with Crippen molar-refractivity contribution in [2.75, 3.05) is 6.54 Å². The second kappa shape index (κ2) is 7.21. The van der Waals surface area contributed by atoms with Crippen LogP contribution in [-0.2, 0) is 6.42 Å². The van der Waals surface area contributed by atoms with Gasteiger partial charge >= 0.3 is 5.63 Å². The summed E-state index contributed by atoms with van der Waals surface area (Å²) in [7, 11) is 0. The van der Waals surface area contributed by atoms with Crippen LogP contribution in [0.25, 0.3) is 11.0 Å². The maximum Gasteiger partial charge on any atom is 0.349 e. The number of aromatic amines is 1. The number of imidazole rings is 1. The fraction of sp³-hybridized carbons (Fsp3) is 0.278. The smallest absolute Gasteiger partial charge is 0.349 e. The number of nitrogens with zero attached hydrogens (tertiary/aromatic N) is 1. The summed E-state index contributed by atoms with van der Waals surface area (Å²) in [6, 6.07) is 6.72. The van der Waals surface area contributed by atoms with Crippen LogP contribution in [-0.4, -0.2) is 28.5 Å². The van der Waals surface area contributed by atoms with Gasteiger partial charge in [0.15, 0.2) is 0 Å². The predicted octanol–water partition coefficient (Wildman–Crippen LogP) is 2.28. The number of carbonyl (C=O) groups excluding carboxylic acids is 1. The molecule has 0 saturated carbocycles. The molecular formula is C18H19N3O4. The molecule has 3 rings (SSSR count). The maximum atomic E-state index is 12.2. The van der Waals surface area contributed by atoms with E-state index < -0.39 is 11.5 Å². The average molecular weight is 341 g/mol. The fourth-order valence-corrected chi connectivity index (χ4v) is 2.42. The Morgan fingerprint density at radius 2 is 2.20 bits per heavy atom. The molecule has 2 aromatic heterocycles. The third kappa shape index (κ3) is 4.06. The molecule has 0 unspecified atom stereocenters. The topological polar surface area (TPSA) is 97.2 Å². The molecular weight excluding hydrogens is 322 g/mol. The minimum absolute atomic E-state index is 0.0177. The highest BCUT2D eigenvalue weighted by Gasteiger charge is 2.14. The number of H-pyrrole nitrogens is 1. The SMILES string of the molecule is CC(C)Oc1ccc2cc(C(=O)NCCc3cnc[nH]3)c(=O)oc2c1. The minimum atomic E-state index is -0.673. The molecule has 7 nitrogen and oxygen atoms in total. The molecule has 7 heteroatoms. The maximum absolute atomic E-state index is 12.2. The first-order valence-electron chi connectivity index (χ1n) is 8.03. The van der Waals surface area contributed by atoms with E-state index in [9.17, 15) is 9.59 Å². The molecule has 130 valence electrons. The number of amides is 1. The Kier molecular flexibility index (Phi) is 4.83. The molecule has 0 radical (unpaired) electrons. The third-order valence-electron chi connectivity index (χ3n) is 3.56. The molecule has 2 heterocycles. The lowest BCUT2D eigenvalue weighted by atomic mass is 10.1. The van der Waals surface area contributed by atoms with Gasteiger partial charge in [-0.05, 0) is 32.0 Å². The molecule has 2 N–H and O–H groups in total. The molecule has 0 aliphatic heterocycles. The van der Waals surface area contributed by atoms with Crippen molar-refractivity contribution in [2.45, 2.75) is 26.4 Å². The van der Waals surface area contributed by atoms with Crippen molar-refractivity contribution in [3.8, 4) is 5.75 Å². The summed E-state index contributed by atoms with van der Waals surface area (Å²) in [5.74, 6) is 0.153. The van der Waals surface area contributed by atoms with E-state index >= 15 is 0 Å². The van der Waals surface area contributed by atoms with Crippen LogP contribution in [0.5, 0.6) is 5.75 Å². The summed E-state index contributed by atoms with van der Waals surface area (Å²) in [6.07, 6.45) is 3.88. The van der Waals surface area contributed by atoms with Crippen molar-refractivity contribution < 1.29 is 13.9 Å². The molecule has 0 spiro atoms. The molecule has 25 heavy (non-hydrogen) atoms. The van der Waals surface area contributed by atoms with Crippen LogP contribution in [0, 0.1) is 0 Å². The van der Waals surface area contributed by atoms with Crippen molar-refractivity contribution in [3.63, 3.8) is 0 Å². The summed E-state index contributed by atoms with van der Waals surface area (Å²) < 4.78 is 10.9. The molecule has 0 aliphatic carbocycles. The number of rotatable bonds is 6. The first-order chi connectivity index (χ1) is 12.0. The minimum Gasteiger partial charge on any atom is -0.491 e. The Bertz CT molecular complexity index is 929. The number of hydrogen-bond donors (Lipinski definition) is 2. The number of aromatic nitrogens is 2. The average Bonchev–Trinajstić information content (AvgIpc) is 3.06. The van der Waals surface area contributed by atoms with Gasteiger partial charge in [-0.15, -0.1) is 0 Å². The van der Waals surface area contributed by atoms with Crippen LogP contribution in [0.2, 0.25) is 0 Å². The highest BCUT2D eigenvalue weighted by molar-refractivity contribution is 5.96. The quantitative estimate of drug-likeness (QED) is 0.670. The van der Waals surface area contributed by atoms with Gasteiger partial charge in [0.1, 0.15) is 16.9 Å². The van der Waals surface area contributed by atoms with Gasteiger partial charge in [-0.3, -0.25) is 4.79 Å². The van der Waals surface area contributed by atoms with Gasteiger partial charge < -0.3 is 19.5 Å². The van der Waals surface area contributed by atoms with Crippen LogP contribution in [0.1, 0.15) is 29.9 Å². The summed E-state index contributed by atoms with van der Waals surface area (Å²) in [4.78, 5) is 31.2. The van der Waals surface area contributed by atoms with Gasteiger partial charge in [0.25, 0.3) is 5.91 Å². The lowest BCUT2D eigenvalue weighted by Gasteiger charge is -2.10. The first-order valence-corrected chi connectivity index (χ1v) is 8.03. The number of ether oxygens (including phenoxy) is 1. The van der Waals surface area contributed by atoms with Crippen LogP contribution in [0.15, 0.2) is 46.0 Å². The zero-order chi connectivity index (χ0) is 17.8. The Morgan fingerprint density at radius 1 is 1.36 bits per heavy atom. The van der Waals surface area contributed by atoms with Crippen molar-refractivity contribution in [1.82, 2.24) is 15.3 Å². The van der Waals surface area contributed by atoms with E-state index in [0.29, 0.717) is 29.7 Å². The normalized spacial score (nSPS) is 11.0. The molecule has 0 bridgehead atoms. The van der Waals surface area contributed by atoms with Gasteiger partial charge in [0, 0.05) is 36.3 Å². The van der Waals surface area contributed by atoms with Gasteiger partial charge in [0.2, 0.25) is 0 Å². The van der Waals surface area contributed by atoms with Crippen molar-refractivity contribution >= 4 is 16.9 Å². The van der Waals surface area contributed by atoms with Crippen LogP contribution >= 0.6 is 0 Å². The lowest BCUT2D eigenvalue weighted by Crippen LogP contribution is -2.29. The van der Waals surface area contributed by atoms with E-state index in [0.717, 1.165) is 5.69 Å². The van der Waals surface area contributed by atoms with E-state index in [1.807, 2.05) is 13.8 Å². The monoisotopic (exact) mass is 341 g/mol. The largest absolute Gasteiger partial charge is 0.491 e. The van der Waals surface area contributed by atoms with E-state index in [-0.39, 0.29) is 11.7 Å². The lowest BCUT2D eigenvalue weighted by molar-refractivity contribution is 0.0950. The summed E-state index contributed by atoms with van der Waals surface area (Å²) >= 11 is 0. The molecule has 0 atom stereocenters. The van der Waals surface area contributed by atoms with Crippen molar-refractivity contribution in [1.29, 1.82) is 0 Å². The molecule has 1 aromatic carbocycles. The number of benzene rings is 1. The van der Waals surface area contributed by atoms with E-state index in [1.54, 1.807) is 30.7 Å². The molecule has 0 aliphatic rings. The molecule has 1 amide bonds. The number of fused-ring (bicyclic) bond motifs is 1. The van der Waals surface area contributed by atoms with Gasteiger partial charge in [-0.2, -0.15) is 0 Å². The van der Waals surface area contributed by atoms with E-state index in [2.05, 4.69) is 15.3 Å². The van der Waals surface area contributed by atoms with Crippen molar-refractivity contribution in [3.05, 3.63) is 58.5 Å². The zero-order valence-electron chi connectivity index (χ0n) is 14.0. The van der Waals surface area contributed by atoms with Crippen LogP contribution < -0.4 is 15.7 Å².